The Morgan fingerprint density at radius 2 is 1.65 bits per heavy atom. The van der Waals surface area contributed by atoms with Crippen molar-refractivity contribution in [3.8, 4) is 0 Å². The minimum Gasteiger partial charge on any atom is -0.340 e. The van der Waals surface area contributed by atoms with Gasteiger partial charge in [-0.3, -0.25) is 4.79 Å². The molecule has 0 unspecified atom stereocenters. The first-order valence-corrected chi connectivity index (χ1v) is 11.9. The summed E-state index contributed by atoms with van der Waals surface area (Å²) in [7, 11) is -3.56. The fourth-order valence-corrected chi connectivity index (χ4v) is 5.99. The molecule has 1 aliphatic carbocycles. The smallest absolute Gasteiger partial charge is 0.323 e. The molecule has 8 nitrogen and oxygen atoms in total. The number of piperazine rings is 1. The number of aryl methyl sites for hydroxylation is 2. The molecule has 2 heterocycles. The first-order valence-electron chi connectivity index (χ1n) is 10.5. The highest BCUT2D eigenvalue weighted by Crippen LogP contribution is 2.26. The normalized spacial score (nSPS) is 17.2. The van der Waals surface area contributed by atoms with Gasteiger partial charge in [-0.25, -0.2) is 13.2 Å². The maximum absolute atomic E-state index is 13.1. The number of H-pyrrole nitrogens is 2. The molecule has 3 aromatic rings. The molecule has 9 heteroatoms. The van der Waals surface area contributed by atoms with Crippen LogP contribution in [0.5, 0.6) is 0 Å². The van der Waals surface area contributed by atoms with Crippen LogP contribution in [0.4, 0.5) is 0 Å². The van der Waals surface area contributed by atoms with E-state index in [1.165, 1.54) is 9.87 Å². The summed E-state index contributed by atoms with van der Waals surface area (Å²) in [5.41, 5.74) is 4.28. The lowest BCUT2D eigenvalue weighted by molar-refractivity contribution is -0.131. The molecular weight excluding hydrogens is 416 g/mol. The molecule has 5 rings (SSSR count). The largest absolute Gasteiger partial charge is 0.340 e. The summed E-state index contributed by atoms with van der Waals surface area (Å²) < 4.78 is 27.6. The maximum Gasteiger partial charge on any atom is 0.323 e. The summed E-state index contributed by atoms with van der Waals surface area (Å²) in [6, 6.07) is 10.8. The van der Waals surface area contributed by atoms with Crippen molar-refractivity contribution in [1.82, 2.24) is 19.2 Å². The molecule has 1 amide bonds. The summed E-state index contributed by atoms with van der Waals surface area (Å²) in [5, 5.41) is 0. The lowest BCUT2D eigenvalue weighted by Gasteiger charge is -2.34. The van der Waals surface area contributed by atoms with E-state index in [-0.39, 0.29) is 31.1 Å². The fraction of sp³-hybridized carbons (Fsp3) is 0.364. The van der Waals surface area contributed by atoms with E-state index in [0.29, 0.717) is 29.0 Å². The molecule has 31 heavy (non-hydrogen) atoms. The Kier molecular flexibility index (Phi) is 4.94. The molecule has 0 saturated carbocycles. The second kappa shape index (κ2) is 7.65. The average molecular weight is 441 g/mol. The molecule has 1 fully saturated rings. The molecule has 2 aromatic carbocycles. The van der Waals surface area contributed by atoms with Crippen LogP contribution in [0.3, 0.4) is 0 Å². The third kappa shape index (κ3) is 3.79. The van der Waals surface area contributed by atoms with Gasteiger partial charge in [0.2, 0.25) is 15.9 Å². The van der Waals surface area contributed by atoms with Crippen LogP contribution in [0, 0.1) is 0 Å². The van der Waals surface area contributed by atoms with Crippen LogP contribution in [0.1, 0.15) is 23.1 Å². The van der Waals surface area contributed by atoms with E-state index in [1.54, 1.807) is 23.1 Å². The van der Waals surface area contributed by atoms with Crippen LogP contribution < -0.4 is 5.69 Å². The number of amides is 1. The van der Waals surface area contributed by atoms with Gasteiger partial charge in [0.05, 0.1) is 22.3 Å². The van der Waals surface area contributed by atoms with Gasteiger partial charge in [-0.05, 0) is 60.2 Å². The number of nitrogens with one attached hydrogen (secondary N) is 2. The van der Waals surface area contributed by atoms with Gasteiger partial charge in [0.15, 0.2) is 0 Å². The number of imidazole rings is 1. The Morgan fingerprint density at radius 1 is 0.903 bits per heavy atom. The molecule has 2 N–H and O–H groups in total. The first-order chi connectivity index (χ1) is 14.9. The van der Waals surface area contributed by atoms with Crippen molar-refractivity contribution in [2.45, 2.75) is 30.6 Å². The van der Waals surface area contributed by atoms with Crippen LogP contribution in [-0.4, -0.2) is 59.7 Å². The SMILES string of the molecule is O=C(Cc1ccc2[nH]c(=O)[nH]c2c1)N1CCN(S(=O)(=O)c2ccc3c(c2)CCC3)CC1. The highest BCUT2D eigenvalue weighted by Gasteiger charge is 2.30. The zero-order valence-corrected chi connectivity index (χ0v) is 17.9. The number of fused-ring (bicyclic) bond motifs is 2. The number of hydrogen-bond donors (Lipinski definition) is 2. The summed E-state index contributed by atoms with van der Waals surface area (Å²) in [6.07, 6.45) is 3.24. The number of sulfonamides is 1. The van der Waals surface area contributed by atoms with Crippen molar-refractivity contribution in [2.24, 2.45) is 0 Å². The van der Waals surface area contributed by atoms with Crippen LogP contribution >= 0.6 is 0 Å². The summed E-state index contributed by atoms with van der Waals surface area (Å²) >= 11 is 0. The van der Waals surface area contributed by atoms with E-state index in [0.717, 1.165) is 30.4 Å². The Balaban J connectivity index is 1.24. The zero-order valence-electron chi connectivity index (χ0n) is 17.1. The second-order valence-electron chi connectivity index (χ2n) is 8.20. The van der Waals surface area contributed by atoms with Crippen LogP contribution in [0.15, 0.2) is 46.1 Å². The lowest BCUT2D eigenvalue weighted by atomic mass is 10.1. The molecule has 1 aromatic heterocycles. The number of rotatable bonds is 4. The molecule has 0 spiro atoms. The highest BCUT2D eigenvalue weighted by molar-refractivity contribution is 7.89. The zero-order chi connectivity index (χ0) is 21.6. The van der Waals surface area contributed by atoms with E-state index >= 15 is 0 Å². The van der Waals surface area contributed by atoms with Crippen molar-refractivity contribution >= 4 is 27.0 Å². The molecule has 162 valence electrons. The van der Waals surface area contributed by atoms with Gasteiger partial charge in [0.25, 0.3) is 0 Å². The van der Waals surface area contributed by atoms with Crippen molar-refractivity contribution in [2.75, 3.05) is 26.2 Å². The van der Waals surface area contributed by atoms with E-state index in [2.05, 4.69) is 9.97 Å². The van der Waals surface area contributed by atoms with E-state index in [9.17, 15) is 18.0 Å². The van der Waals surface area contributed by atoms with Crippen molar-refractivity contribution < 1.29 is 13.2 Å². The number of benzene rings is 2. The maximum atomic E-state index is 13.1. The Labute approximate surface area is 179 Å². The molecular formula is C22H24N4O4S. The Hall–Kier alpha value is -2.91. The van der Waals surface area contributed by atoms with Gasteiger partial charge in [0, 0.05) is 26.2 Å². The lowest BCUT2D eigenvalue weighted by Crippen LogP contribution is -2.50. The standard InChI is InChI=1S/C22H24N4O4S/c27-21(13-15-4-7-19-20(12-15)24-22(28)23-19)25-8-10-26(11-9-25)31(29,30)18-6-5-16-2-1-3-17(16)14-18/h4-7,12,14H,1-3,8-11,13H2,(H2,23,24,28). The summed E-state index contributed by atoms with van der Waals surface area (Å²) in [5.74, 6) is -0.0492. The predicted molar refractivity (Wildman–Crippen MR) is 116 cm³/mol. The topological polar surface area (TPSA) is 106 Å². The molecule has 1 aliphatic heterocycles. The van der Waals surface area contributed by atoms with Gasteiger partial charge in [-0.1, -0.05) is 12.1 Å². The Morgan fingerprint density at radius 3 is 2.45 bits per heavy atom. The van der Waals surface area contributed by atoms with Crippen molar-refractivity contribution in [3.63, 3.8) is 0 Å². The van der Waals surface area contributed by atoms with Crippen LogP contribution in [-0.2, 0) is 34.1 Å². The minimum absolute atomic E-state index is 0.0492. The number of aromatic nitrogens is 2. The van der Waals surface area contributed by atoms with Crippen molar-refractivity contribution in [3.05, 3.63) is 63.6 Å². The highest BCUT2D eigenvalue weighted by atomic mass is 32.2. The third-order valence-corrected chi connectivity index (χ3v) is 8.13. The van der Waals surface area contributed by atoms with Crippen LogP contribution in [0.2, 0.25) is 0 Å². The van der Waals surface area contributed by atoms with E-state index in [4.69, 9.17) is 0 Å². The average Bonchev–Trinajstić information content (AvgIpc) is 3.38. The molecule has 0 atom stereocenters. The van der Waals surface area contributed by atoms with E-state index < -0.39 is 10.0 Å². The number of nitrogens with zero attached hydrogens (tertiary/aromatic N) is 2. The molecule has 0 bridgehead atoms. The molecule has 1 saturated heterocycles. The van der Waals surface area contributed by atoms with Gasteiger partial charge in [0.1, 0.15) is 0 Å². The third-order valence-electron chi connectivity index (χ3n) is 6.23. The van der Waals surface area contributed by atoms with Crippen molar-refractivity contribution in [1.29, 1.82) is 0 Å². The number of hydrogen-bond acceptors (Lipinski definition) is 4. The molecule has 0 radical (unpaired) electrons. The Bertz CT molecular complexity index is 1320. The number of carbonyl (C=O) groups excluding carboxylic acids is 1. The predicted octanol–water partition coefficient (Wildman–Crippen LogP) is 1.42. The fourth-order valence-electron chi connectivity index (χ4n) is 4.51. The monoisotopic (exact) mass is 440 g/mol. The van der Waals surface area contributed by atoms with Gasteiger partial charge in [-0.2, -0.15) is 4.31 Å². The van der Waals surface area contributed by atoms with Gasteiger partial charge in [-0.15, -0.1) is 0 Å². The number of carbonyl (C=O) groups is 1. The second-order valence-corrected chi connectivity index (χ2v) is 10.1. The summed E-state index contributed by atoms with van der Waals surface area (Å²) in [6.45, 7) is 1.31. The van der Waals surface area contributed by atoms with Gasteiger partial charge < -0.3 is 14.9 Å². The summed E-state index contributed by atoms with van der Waals surface area (Å²) in [4.78, 5) is 31.6. The first kappa shape index (κ1) is 20.0. The molecule has 2 aliphatic rings. The van der Waals surface area contributed by atoms with E-state index in [1.807, 2.05) is 18.2 Å². The van der Waals surface area contributed by atoms with Gasteiger partial charge >= 0.3 is 5.69 Å². The number of aromatic amines is 2. The van der Waals surface area contributed by atoms with Crippen LogP contribution in [0.25, 0.3) is 11.0 Å². The minimum atomic E-state index is -3.56. The quantitative estimate of drug-likeness (QED) is 0.640.